The Kier molecular flexibility index (Phi) is 3.65. The van der Waals surface area contributed by atoms with Gasteiger partial charge < -0.3 is 4.74 Å². The Bertz CT molecular complexity index is 818. The molecule has 0 N–H and O–H groups in total. The summed E-state index contributed by atoms with van der Waals surface area (Å²) in [5, 5.41) is 4.16. The normalized spacial score (nSPS) is 11.8. The van der Waals surface area contributed by atoms with Crippen molar-refractivity contribution in [2.75, 3.05) is 7.11 Å². The molecular weight excluding hydrogens is 317 g/mol. The number of halogens is 3. The van der Waals surface area contributed by atoms with Crippen LogP contribution in [-0.2, 0) is 6.18 Å². The zero-order valence-corrected chi connectivity index (χ0v) is 12.0. The topological polar surface area (TPSA) is 52.3 Å². The summed E-state index contributed by atoms with van der Waals surface area (Å²) in [5.74, 6) is 0.457. The maximum atomic E-state index is 12.9. The molecule has 114 valence electrons. The van der Waals surface area contributed by atoms with E-state index in [1.165, 1.54) is 11.6 Å². The monoisotopic (exact) mass is 326 g/mol. The third-order valence-corrected chi connectivity index (χ3v) is 3.85. The summed E-state index contributed by atoms with van der Waals surface area (Å²) in [6.07, 6.45) is -3.39. The highest BCUT2D eigenvalue weighted by molar-refractivity contribution is 7.99. The molecule has 0 atom stereocenters. The lowest BCUT2D eigenvalue weighted by Crippen LogP contribution is -2.10. The molecule has 3 rings (SSSR count). The molecule has 22 heavy (non-hydrogen) atoms. The Balaban J connectivity index is 2.11. The van der Waals surface area contributed by atoms with Gasteiger partial charge in [-0.05, 0) is 12.1 Å². The molecule has 9 heteroatoms. The van der Waals surface area contributed by atoms with Gasteiger partial charge in [-0.3, -0.25) is 0 Å². The quantitative estimate of drug-likeness (QED) is 0.691. The Morgan fingerprint density at radius 1 is 1.23 bits per heavy atom. The van der Waals surface area contributed by atoms with Crippen LogP contribution in [0, 0.1) is 0 Å². The van der Waals surface area contributed by atoms with Gasteiger partial charge in [0.1, 0.15) is 17.1 Å². The third-order valence-electron chi connectivity index (χ3n) is 2.79. The number of aromatic nitrogens is 4. The van der Waals surface area contributed by atoms with Gasteiger partial charge in [-0.2, -0.15) is 27.8 Å². The van der Waals surface area contributed by atoms with Gasteiger partial charge in [-0.15, -0.1) is 0 Å². The van der Waals surface area contributed by atoms with Crippen molar-refractivity contribution >= 4 is 17.5 Å². The third kappa shape index (κ3) is 2.71. The molecule has 1 aromatic carbocycles. The van der Waals surface area contributed by atoms with E-state index < -0.39 is 11.9 Å². The van der Waals surface area contributed by atoms with Crippen LogP contribution in [0.3, 0.4) is 0 Å². The molecule has 0 aliphatic heterocycles. The van der Waals surface area contributed by atoms with Gasteiger partial charge in [0.05, 0.1) is 12.0 Å². The first-order valence-electron chi connectivity index (χ1n) is 6.08. The fourth-order valence-electron chi connectivity index (χ4n) is 1.82. The van der Waals surface area contributed by atoms with E-state index in [0.29, 0.717) is 10.6 Å². The number of nitrogens with zero attached hydrogens (tertiary/aromatic N) is 4. The average molecular weight is 326 g/mol. The Morgan fingerprint density at radius 2 is 2.00 bits per heavy atom. The molecule has 0 fully saturated rings. The molecule has 0 saturated carbocycles. The molecule has 3 aromatic rings. The highest BCUT2D eigenvalue weighted by Crippen LogP contribution is 2.37. The number of alkyl halides is 3. The van der Waals surface area contributed by atoms with Gasteiger partial charge in [-0.25, -0.2) is 4.98 Å². The van der Waals surface area contributed by atoms with Gasteiger partial charge in [0.2, 0.25) is 0 Å². The van der Waals surface area contributed by atoms with E-state index in [4.69, 9.17) is 4.74 Å². The SMILES string of the molecule is COc1ccccc1Sc1cc(C(F)(F)F)nc2ncnn12. The second-order valence-electron chi connectivity index (χ2n) is 4.20. The van der Waals surface area contributed by atoms with Crippen molar-refractivity contribution in [2.45, 2.75) is 16.1 Å². The molecule has 0 aliphatic rings. The van der Waals surface area contributed by atoms with Crippen LogP contribution in [0.4, 0.5) is 13.2 Å². The van der Waals surface area contributed by atoms with Crippen LogP contribution in [0.25, 0.3) is 5.78 Å². The Morgan fingerprint density at radius 3 is 2.73 bits per heavy atom. The van der Waals surface area contributed by atoms with Gasteiger partial charge in [0, 0.05) is 6.07 Å². The highest BCUT2D eigenvalue weighted by Gasteiger charge is 2.34. The first-order chi connectivity index (χ1) is 10.5. The molecule has 0 amide bonds. The van der Waals surface area contributed by atoms with Crippen LogP contribution in [0.5, 0.6) is 5.75 Å². The summed E-state index contributed by atoms with van der Waals surface area (Å²) in [7, 11) is 1.50. The molecular formula is C13H9F3N4OS. The second kappa shape index (κ2) is 5.48. The lowest BCUT2D eigenvalue weighted by molar-refractivity contribution is -0.141. The minimum atomic E-state index is -4.55. The smallest absolute Gasteiger partial charge is 0.433 e. The summed E-state index contributed by atoms with van der Waals surface area (Å²) in [6.45, 7) is 0. The van der Waals surface area contributed by atoms with Gasteiger partial charge in [-0.1, -0.05) is 23.9 Å². The largest absolute Gasteiger partial charge is 0.496 e. The fraction of sp³-hybridized carbons (Fsp3) is 0.154. The minimum Gasteiger partial charge on any atom is -0.496 e. The van der Waals surface area contributed by atoms with Crippen molar-refractivity contribution in [1.29, 1.82) is 0 Å². The van der Waals surface area contributed by atoms with Crippen LogP contribution in [0.15, 0.2) is 46.6 Å². The molecule has 0 unspecified atom stereocenters. The van der Waals surface area contributed by atoms with E-state index in [9.17, 15) is 13.2 Å². The van der Waals surface area contributed by atoms with E-state index >= 15 is 0 Å². The van der Waals surface area contributed by atoms with Gasteiger partial charge in [0.25, 0.3) is 5.78 Å². The molecule has 0 aliphatic carbocycles. The first kappa shape index (κ1) is 14.6. The minimum absolute atomic E-state index is 0.104. The second-order valence-corrected chi connectivity index (χ2v) is 5.26. The molecule has 0 saturated heterocycles. The van der Waals surface area contributed by atoms with Crippen molar-refractivity contribution < 1.29 is 17.9 Å². The van der Waals surface area contributed by atoms with Crippen molar-refractivity contribution in [3.05, 3.63) is 42.4 Å². The number of benzene rings is 1. The van der Waals surface area contributed by atoms with Crippen molar-refractivity contribution in [2.24, 2.45) is 0 Å². The molecule has 0 radical (unpaired) electrons. The predicted molar refractivity (Wildman–Crippen MR) is 72.9 cm³/mol. The van der Waals surface area contributed by atoms with E-state index in [1.807, 2.05) is 0 Å². The highest BCUT2D eigenvalue weighted by atomic mass is 32.2. The van der Waals surface area contributed by atoms with Crippen LogP contribution < -0.4 is 4.74 Å². The number of rotatable bonds is 3. The average Bonchev–Trinajstić information content (AvgIpc) is 2.95. The molecule has 2 aromatic heterocycles. The van der Waals surface area contributed by atoms with Crippen molar-refractivity contribution in [3.8, 4) is 5.75 Å². The van der Waals surface area contributed by atoms with Crippen LogP contribution in [-0.4, -0.2) is 26.7 Å². The van der Waals surface area contributed by atoms with E-state index in [0.717, 1.165) is 24.2 Å². The predicted octanol–water partition coefficient (Wildman–Crippen LogP) is 3.30. The Hall–Kier alpha value is -2.29. The molecule has 2 heterocycles. The Labute approximate surface area is 127 Å². The van der Waals surface area contributed by atoms with Gasteiger partial charge >= 0.3 is 6.18 Å². The fourth-order valence-corrected chi connectivity index (χ4v) is 2.83. The van der Waals surface area contributed by atoms with Crippen LogP contribution in [0.2, 0.25) is 0 Å². The van der Waals surface area contributed by atoms with Gasteiger partial charge in [0.15, 0.2) is 5.69 Å². The maximum absolute atomic E-state index is 12.9. The van der Waals surface area contributed by atoms with E-state index in [1.54, 1.807) is 24.3 Å². The first-order valence-corrected chi connectivity index (χ1v) is 6.89. The number of hydrogen-bond acceptors (Lipinski definition) is 5. The van der Waals surface area contributed by atoms with E-state index in [2.05, 4.69) is 15.1 Å². The van der Waals surface area contributed by atoms with Crippen LogP contribution in [0.1, 0.15) is 5.69 Å². The van der Waals surface area contributed by atoms with E-state index in [-0.39, 0.29) is 10.8 Å². The molecule has 0 spiro atoms. The standard InChI is InChI=1S/C13H9F3N4OS/c1-21-8-4-2-3-5-9(8)22-11-6-10(13(14,15)16)19-12-17-7-18-20(11)12/h2-7H,1H3. The van der Waals surface area contributed by atoms with Crippen molar-refractivity contribution in [3.63, 3.8) is 0 Å². The lowest BCUT2D eigenvalue weighted by Gasteiger charge is -2.11. The van der Waals surface area contributed by atoms with Crippen molar-refractivity contribution in [1.82, 2.24) is 19.6 Å². The molecule has 5 nitrogen and oxygen atoms in total. The number of para-hydroxylation sites is 1. The zero-order valence-electron chi connectivity index (χ0n) is 11.2. The number of fused-ring (bicyclic) bond motifs is 1. The summed E-state index contributed by atoms with van der Waals surface area (Å²) in [4.78, 5) is 7.87. The number of hydrogen-bond donors (Lipinski definition) is 0. The summed E-state index contributed by atoms with van der Waals surface area (Å²) in [5.41, 5.74) is -1.01. The summed E-state index contributed by atoms with van der Waals surface area (Å²) < 4.78 is 45.3. The number of methoxy groups -OCH3 is 1. The molecule has 0 bridgehead atoms. The zero-order chi connectivity index (χ0) is 15.7. The lowest BCUT2D eigenvalue weighted by atomic mass is 10.3. The summed E-state index contributed by atoms with van der Waals surface area (Å²) >= 11 is 1.10. The summed E-state index contributed by atoms with van der Waals surface area (Å²) in [6, 6.07) is 7.97. The number of ether oxygens (including phenoxy) is 1. The maximum Gasteiger partial charge on any atom is 0.433 e. The van der Waals surface area contributed by atoms with Crippen LogP contribution >= 0.6 is 11.8 Å².